The van der Waals surface area contributed by atoms with Crippen LogP contribution in [0.15, 0.2) is 36.5 Å². The third-order valence-corrected chi connectivity index (χ3v) is 15.9. The normalized spacial score (nSPS) is 28.9. The van der Waals surface area contributed by atoms with E-state index >= 15 is 0 Å². The fourth-order valence-corrected chi connectivity index (χ4v) is 12.8. The number of aryl methyl sites for hydroxylation is 2. The van der Waals surface area contributed by atoms with E-state index in [-0.39, 0.29) is 72.2 Å². The molecule has 5 aliphatic heterocycles. The van der Waals surface area contributed by atoms with Crippen molar-refractivity contribution >= 4 is 24.0 Å². The molecular formula is C53H68N8O9. The second-order valence-corrected chi connectivity index (χ2v) is 20.9. The van der Waals surface area contributed by atoms with Gasteiger partial charge in [-0.25, -0.2) is 19.6 Å². The van der Waals surface area contributed by atoms with Gasteiger partial charge in [0.2, 0.25) is 11.8 Å². The zero-order chi connectivity index (χ0) is 49.1. The lowest BCUT2D eigenvalue weighted by Gasteiger charge is -2.39. The first kappa shape index (κ1) is 47.7. The standard InChI is InChI=1S/C53H68N8O9/c1-26-9-15-42(60(26)50(62)45(58-52(64)66-7)34-17-28(3)69-29(4)18-34)48-54-24-41(56-48)33-11-13-37-36(21-33)25-68-44-23-38-32(22-39(37)44)12-14-40-47(38)57-49(55-40)43-16-10-27(2)61(43)51(63)46(59-53(65)67-8)35-19-30(5)70-31(6)20-35/h11,13,21-24,26-31,34-35,42-43,45-46H,9-10,12,14-20,25H2,1-8H3,(H,54,56)(H,55,57)(H,58,64)(H,59,65)/t26-,27-,28+,29+,30+,31+,42-,43?,45-,46-/m0/s1. The number of H-pyrrole nitrogens is 2. The number of methoxy groups -OCH3 is 2. The van der Waals surface area contributed by atoms with E-state index < -0.39 is 24.3 Å². The largest absolute Gasteiger partial charge is 0.488 e. The highest BCUT2D eigenvalue weighted by Crippen LogP contribution is 2.47. The summed E-state index contributed by atoms with van der Waals surface area (Å²) in [5.74, 6) is 1.85. The molecule has 0 radical (unpaired) electrons. The molecule has 6 aliphatic rings. The molecule has 0 spiro atoms. The predicted molar refractivity (Wildman–Crippen MR) is 259 cm³/mol. The fourth-order valence-electron chi connectivity index (χ4n) is 12.8. The Bertz CT molecular complexity index is 2630. The molecule has 4 amide bonds. The van der Waals surface area contributed by atoms with Crippen LogP contribution in [0.3, 0.4) is 0 Å². The van der Waals surface area contributed by atoms with Gasteiger partial charge in [-0.15, -0.1) is 0 Å². The van der Waals surface area contributed by atoms with E-state index in [9.17, 15) is 19.2 Å². The number of aromatic amines is 2. The van der Waals surface area contributed by atoms with Gasteiger partial charge in [-0.1, -0.05) is 12.1 Å². The molecule has 2 aromatic heterocycles. The number of aromatic nitrogens is 4. The van der Waals surface area contributed by atoms with Crippen LogP contribution in [0, 0.1) is 11.8 Å². The van der Waals surface area contributed by atoms with Crippen molar-refractivity contribution in [3.8, 4) is 39.4 Å². The van der Waals surface area contributed by atoms with Crippen molar-refractivity contribution in [1.82, 2.24) is 40.4 Å². The van der Waals surface area contributed by atoms with E-state index in [0.29, 0.717) is 38.1 Å². The summed E-state index contributed by atoms with van der Waals surface area (Å²) >= 11 is 0. The average molecular weight is 961 g/mol. The minimum Gasteiger partial charge on any atom is -0.488 e. The Hall–Kier alpha value is -5.94. The molecule has 4 aromatic rings. The fraction of sp³-hybridized carbons (Fsp3) is 0.585. The van der Waals surface area contributed by atoms with Gasteiger partial charge in [0.25, 0.3) is 0 Å². The molecule has 2 aromatic carbocycles. The van der Waals surface area contributed by atoms with E-state index in [1.54, 1.807) is 0 Å². The Morgan fingerprint density at radius 1 is 0.671 bits per heavy atom. The average Bonchev–Trinajstić information content (AvgIpc) is 4.16. The maximum absolute atomic E-state index is 14.6. The number of carbonyl (C=O) groups is 4. The maximum Gasteiger partial charge on any atom is 0.407 e. The smallest absolute Gasteiger partial charge is 0.407 e. The van der Waals surface area contributed by atoms with E-state index in [0.717, 1.165) is 95.0 Å². The summed E-state index contributed by atoms with van der Waals surface area (Å²) in [6.07, 6.45) is 7.82. The van der Waals surface area contributed by atoms with Gasteiger partial charge in [0, 0.05) is 23.2 Å². The lowest BCUT2D eigenvalue weighted by molar-refractivity contribution is -0.141. The molecule has 10 rings (SSSR count). The number of rotatable bonds is 9. The van der Waals surface area contributed by atoms with E-state index in [2.05, 4.69) is 64.8 Å². The number of hydrogen-bond donors (Lipinski definition) is 4. The number of likely N-dealkylation sites (tertiary alicyclic amines) is 2. The molecule has 4 fully saturated rings. The van der Waals surface area contributed by atoms with Crippen molar-refractivity contribution in [3.05, 3.63) is 65.0 Å². The summed E-state index contributed by atoms with van der Waals surface area (Å²) in [4.78, 5) is 75.6. The van der Waals surface area contributed by atoms with Crippen LogP contribution in [0.2, 0.25) is 0 Å². The molecular weight excluding hydrogens is 893 g/mol. The summed E-state index contributed by atoms with van der Waals surface area (Å²) in [6.45, 7) is 12.6. The highest BCUT2D eigenvalue weighted by molar-refractivity contribution is 5.88. The Labute approximate surface area is 409 Å². The summed E-state index contributed by atoms with van der Waals surface area (Å²) in [5.41, 5.74) is 9.23. The first-order valence-corrected chi connectivity index (χ1v) is 25.4. The van der Waals surface area contributed by atoms with Crippen LogP contribution >= 0.6 is 0 Å². The van der Waals surface area contributed by atoms with Crippen LogP contribution in [-0.2, 0) is 48.0 Å². The third-order valence-electron chi connectivity index (χ3n) is 15.9. The van der Waals surface area contributed by atoms with E-state index in [4.69, 9.17) is 33.7 Å². The minimum atomic E-state index is -0.746. The van der Waals surface area contributed by atoms with Crippen LogP contribution in [0.1, 0.15) is 133 Å². The molecule has 17 nitrogen and oxygen atoms in total. The van der Waals surface area contributed by atoms with E-state index in [1.165, 1.54) is 19.8 Å². The lowest BCUT2D eigenvalue weighted by Crippen LogP contribution is -2.55. The molecule has 0 saturated carbocycles. The zero-order valence-electron chi connectivity index (χ0n) is 41.6. The number of imidazole rings is 2. The molecule has 7 heterocycles. The first-order chi connectivity index (χ1) is 33.7. The van der Waals surface area contributed by atoms with Crippen LogP contribution < -0.4 is 15.4 Å². The SMILES string of the molecule is COC(=O)N[C@H](C(=O)N1C(c2nc3c([nH]2)-c2cc4c(cc2CC3)-c2ccc(-c3cnc([C@@H]5CC[C@H](C)N5C(=O)[C@@H](NC(=O)OC)C5C[C@@H](C)O[C@H](C)C5)[nH]3)cc2CO4)CC[C@@H]1C)C1C[C@@H](C)O[C@H](C)C1. The molecule has 1 aliphatic carbocycles. The molecule has 10 atom stereocenters. The van der Waals surface area contributed by atoms with Crippen LogP contribution in [0.5, 0.6) is 5.75 Å². The number of nitrogens with one attached hydrogen (secondary N) is 4. The van der Waals surface area contributed by atoms with Gasteiger partial charge in [0.15, 0.2) is 0 Å². The number of carbonyl (C=O) groups excluding carboxylic acids is 4. The number of ether oxygens (including phenoxy) is 5. The van der Waals surface area contributed by atoms with Crippen molar-refractivity contribution in [1.29, 1.82) is 0 Å². The number of hydrogen-bond acceptors (Lipinski definition) is 11. The van der Waals surface area contributed by atoms with Crippen molar-refractivity contribution < 1.29 is 42.9 Å². The minimum absolute atomic E-state index is 0.0296. The summed E-state index contributed by atoms with van der Waals surface area (Å²) in [5, 5.41) is 5.80. The highest BCUT2D eigenvalue weighted by atomic mass is 16.5. The predicted octanol–water partition coefficient (Wildman–Crippen LogP) is 8.09. The Kier molecular flexibility index (Phi) is 13.2. The Morgan fingerprint density at radius 2 is 1.24 bits per heavy atom. The summed E-state index contributed by atoms with van der Waals surface area (Å²) in [6, 6.07) is 8.69. The van der Waals surface area contributed by atoms with Crippen LogP contribution in [-0.4, -0.2) is 117 Å². The second-order valence-electron chi connectivity index (χ2n) is 20.9. The van der Waals surface area contributed by atoms with Gasteiger partial charge in [0.05, 0.1) is 74.0 Å². The number of nitrogens with zero attached hydrogens (tertiary/aromatic N) is 4. The number of fused-ring (bicyclic) bond motifs is 6. The molecule has 4 N–H and O–H groups in total. The molecule has 1 unspecified atom stereocenters. The molecule has 374 valence electrons. The molecule has 0 bridgehead atoms. The maximum atomic E-state index is 14.6. The molecule has 17 heteroatoms. The Balaban J connectivity index is 0.873. The van der Waals surface area contributed by atoms with Gasteiger partial charge < -0.3 is 54.1 Å². The first-order valence-electron chi connectivity index (χ1n) is 25.4. The monoisotopic (exact) mass is 961 g/mol. The van der Waals surface area contributed by atoms with Crippen molar-refractivity contribution in [2.45, 2.75) is 173 Å². The topological polar surface area (TPSA) is 202 Å². The van der Waals surface area contributed by atoms with Gasteiger partial charge in [-0.2, -0.15) is 0 Å². The summed E-state index contributed by atoms with van der Waals surface area (Å²) in [7, 11) is 2.64. The van der Waals surface area contributed by atoms with Gasteiger partial charge in [0.1, 0.15) is 36.1 Å². The molecule has 70 heavy (non-hydrogen) atoms. The quantitative estimate of drug-likeness (QED) is 0.126. The van der Waals surface area contributed by atoms with E-state index in [1.807, 2.05) is 43.7 Å². The number of alkyl carbamates (subject to hydrolysis) is 2. The summed E-state index contributed by atoms with van der Waals surface area (Å²) < 4.78 is 28.5. The Morgan fingerprint density at radius 3 is 1.81 bits per heavy atom. The number of benzene rings is 2. The lowest BCUT2D eigenvalue weighted by atomic mass is 9.85. The van der Waals surface area contributed by atoms with Gasteiger partial charge >= 0.3 is 12.2 Å². The highest BCUT2D eigenvalue weighted by Gasteiger charge is 2.46. The number of amides is 4. The zero-order valence-corrected chi connectivity index (χ0v) is 41.6. The second kappa shape index (κ2) is 19.3. The van der Waals surface area contributed by atoms with Gasteiger partial charge in [-0.3, -0.25) is 9.59 Å². The van der Waals surface area contributed by atoms with Crippen molar-refractivity contribution in [3.63, 3.8) is 0 Å². The van der Waals surface area contributed by atoms with Crippen molar-refractivity contribution in [2.75, 3.05) is 14.2 Å². The molecule has 4 saturated heterocycles. The van der Waals surface area contributed by atoms with Gasteiger partial charge in [-0.05, 0) is 158 Å². The van der Waals surface area contributed by atoms with Crippen LogP contribution in [0.4, 0.5) is 9.59 Å². The van der Waals surface area contributed by atoms with Crippen LogP contribution in [0.25, 0.3) is 33.6 Å². The third kappa shape index (κ3) is 9.03. The van der Waals surface area contributed by atoms with Crippen molar-refractivity contribution in [2.24, 2.45) is 11.8 Å².